The molecule has 1 aromatic carbocycles. The lowest BCUT2D eigenvalue weighted by molar-refractivity contribution is 0.0450. The van der Waals surface area contributed by atoms with Crippen LogP contribution in [0.3, 0.4) is 0 Å². The Morgan fingerprint density at radius 1 is 1.29 bits per heavy atom. The Morgan fingerprint density at radius 3 is 2.59 bits per heavy atom. The highest BCUT2D eigenvalue weighted by Crippen LogP contribution is 2.19. The van der Waals surface area contributed by atoms with Crippen LogP contribution in [0.4, 0.5) is 0 Å². The molecule has 0 saturated carbocycles. The lowest BCUT2D eigenvalue weighted by Gasteiger charge is -2.27. The zero-order valence-corrected chi connectivity index (χ0v) is 10.7. The maximum atomic E-state index is 6.27. The van der Waals surface area contributed by atoms with E-state index in [0.717, 1.165) is 32.5 Å². The number of benzene rings is 1. The maximum Gasteiger partial charge on any atom is 0.0509 e. The summed E-state index contributed by atoms with van der Waals surface area (Å²) in [6.07, 6.45) is 4.45. The Hall–Kier alpha value is -0.860. The molecule has 0 amide bonds. The van der Waals surface area contributed by atoms with Crippen molar-refractivity contribution in [2.75, 3.05) is 13.2 Å². The van der Waals surface area contributed by atoms with Crippen LogP contribution in [0.15, 0.2) is 24.3 Å². The molecule has 0 radical (unpaired) electrons. The minimum atomic E-state index is 0.239. The van der Waals surface area contributed by atoms with Crippen molar-refractivity contribution in [3.63, 3.8) is 0 Å². The highest BCUT2D eigenvalue weighted by atomic mass is 16.5. The van der Waals surface area contributed by atoms with Gasteiger partial charge in [-0.1, -0.05) is 31.2 Å². The van der Waals surface area contributed by atoms with Gasteiger partial charge < -0.3 is 10.5 Å². The minimum Gasteiger partial charge on any atom is -0.381 e. The van der Waals surface area contributed by atoms with E-state index >= 15 is 0 Å². The summed E-state index contributed by atoms with van der Waals surface area (Å²) in [6, 6.07) is 9.08. The molecule has 0 spiro atoms. The lowest BCUT2D eigenvalue weighted by Crippen LogP contribution is -2.37. The first kappa shape index (κ1) is 12.6. The number of hydrogen-bond donors (Lipinski definition) is 1. The van der Waals surface area contributed by atoms with E-state index in [4.69, 9.17) is 10.5 Å². The molecule has 1 fully saturated rings. The van der Waals surface area contributed by atoms with Crippen molar-refractivity contribution in [1.82, 2.24) is 0 Å². The fourth-order valence-electron chi connectivity index (χ4n) is 2.45. The van der Waals surface area contributed by atoms with Crippen molar-refractivity contribution in [3.8, 4) is 0 Å². The normalized spacial score (nSPS) is 22.4. The summed E-state index contributed by atoms with van der Waals surface area (Å²) in [6.45, 7) is 3.93. The highest BCUT2D eigenvalue weighted by molar-refractivity contribution is 5.23. The largest absolute Gasteiger partial charge is 0.381 e. The van der Waals surface area contributed by atoms with Crippen LogP contribution in [0, 0.1) is 5.92 Å². The van der Waals surface area contributed by atoms with Gasteiger partial charge in [-0.3, -0.25) is 0 Å². The molecule has 0 aromatic heterocycles. The molecule has 1 aromatic rings. The molecule has 1 heterocycles. The Kier molecular flexibility index (Phi) is 4.57. The van der Waals surface area contributed by atoms with Crippen LogP contribution >= 0.6 is 0 Å². The van der Waals surface area contributed by atoms with Crippen LogP contribution in [0.25, 0.3) is 0 Å². The standard InChI is InChI=1S/C15H23NO/c1-2-12-5-7-13(8-6-12)10-15(16)14-4-3-9-17-11-14/h5-8,14-15H,2-4,9-11,16H2,1H3. The number of nitrogens with two attached hydrogens (primary N) is 1. The number of rotatable bonds is 4. The van der Waals surface area contributed by atoms with Gasteiger partial charge >= 0.3 is 0 Å². The van der Waals surface area contributed by atoms with Crippen molar-refractivity contribution in [2.24, 2.45) is 11.7 Å². The van der Waals surface area contributed by atoms with Gasteiger partial charge in [0.15, 0.2) is 0 Å². The molecule has 2 nitrogen and oxygen atoms in total. The van der Waals surface area contributed by atoms with Crippen molar-refractivity contribution >= 4 is 0 Å². The second-order valence-corrected chi connectivity index (χ2v) is 5.02. The smallest absolute Gasteiger partial charge is 0.0509 e. The molecule has 94 valence electrons. The van der Waals surface area contributed by atoms with Gasteiger partial charge in [-0.05, 0) is 42.7 Å². The molecule has 2 unspecified atom stereocenters. The first-order chi connectivity index (χ1) is 8.29. The van der Waals surface area contributed by atoms with Crippen molar-refractivity contribution in [2.45, 2.75) is 38.6 Å². The Bertz CT molecular complexity index is 327. The Morgan fingerprint density at radius 2 is 2.00 bits per heavy atom. The van der Waals surface area contributed by atoms with E-state index in [-0.39, 0.29) is 6.04 Å². The predicted molar refractivity (Wildman–Crippen MR) is 71.0 cm³/mol. The van der Waals surface area contributed by atoms with E-state index in [1.54, 1.807) is 0 Å². The SMILES string of the molecule is CCc1ccc(CC(N)C2CCCOC2)cc1. The molecule has 2 atom stereocenters. The van der Waals surface area contributed by atoms with Gasteiger partial charge in [0.25, 0.3) is 0 Å². The molecule has 1 saturated heterocycles. The fraction of sp³-hybridized carbons (Fsp3) is 0.600. The summed E-state index contributed by atoms with van der Waals surface area (Å²) in [5, 5.41) is 0. The summed E-state index contributed by atoms with van der Waals surface area (Å²) in [5.41, 5.74) is 9.01. The van der Waals surface area contributed by atoms with Crippen LogP contribution in [0.5, 0.6) is 0 Å². The quantitative estimate of drug-likeness (QED) is 0.867. The van der Waals surface area contributed by atoms with Gasteiger partial charge in [0.2, 0.25) is 0 Å². The van der Waals surface area contributed by atoms with E-state index in [1.165, 1.54) is 17.5 Å². The molecule has 0 bridgehead atoms. The summed E-state index contributed by atoms with van der Waals surface area (Å²) in [5.74, 6) is 0.537. The van der Waals surface area contributed by atoms with Gasteiger partial charge in [-0.25, -0.2) is 0 Å². The third kappa shape index (κ3) is 3.55. The molecule has 0 aliphatic carbocycles. The molecule has 2 heteroatoms. The highest BCUT2D eigenvalue weighted by Gasteiger charge is 2.21. The summed E-state index contributed by atoms with van der Waals surface area (Å²) < 4.78 is 5.50. The van der Waals surface area contributed by atoms with Crippen LogP contribution in [-0.2, 0) is 17.6 Å². The van der Waals surface area contributed by atoms with E-state index < -0.39 is 0 Å². The first-order valence-corrected chi connectivity index (χ1v) is 6.70. The van der Waals surface area contributed by atoms with E-state index in [2.05, 4.69) is 31.2 Å². The first-order valence-electron chi connectivity index (χ1n) is 6.70. The van der Waals surface area contributed by atoms with Crippen molar-refractivity contribution < 1.29 is 4.74 Å². The summed E-state index contributed by atoms with van der Waals surface area (Å²) in [4.78, 5) is 0. The molecular formula is C15H23NO. The molecule has 2 N–H and O–H groups in total. The van der Waals surface area contributed by atoms with Gasteiger partial charge in [0, 0.05) is 12.6 Å². The molecule has 17 heavy (non-hydrogen) atoms. The van der Waals surface area contributed by atoms with Crippen molar-refractivity contribution in [3.05, 3.63) is 35.4 Å². The Labute approximate surface area is 104 Å². The van der Waals surface area contributed by atoms with Gasteiger partial charge in [-0.15, -0.1) is 0 Å². The van der Waals surface area contributed by atoms with Crippen LogP contribution in [-0.4, -0.2) is 19.3 Å². The molecular weight excluding hydrogens is 210 g/mol. The molecule has 2 rings (SSSR count). The second-order valence-electron chi connectivity index (χ2n) is 5.02. The van der Waals surface area contributed by atoms with Gasteiger partial charge in [-0.2, -0.15) is 0 Å². The van der Waals surface area contributed by atoms with Crippen LogP contribution in [0.1, 0.15) is 30.9 Å². The maximum absolute atomic E-state index is 6.27. The topological polar surface area (TPSA) is 35.2 Å². The monoisotopic (exact) mass is 233 g/mol. The van der Waals surface area contributed by atoms with Crippen LogP contribution in [0.2, 0.25) is 0 Å². The molecule has 1 aliphatic rings. The number of hydrogen-bond acceptors (Lipinski definition) is 2. The summed E-state index contributed by atoms with van der Waals surface area (Å²) in [7, 11) is 0. The van der Waals surface area contributed by atoms with Crippen LogP contribution < -0.4 is 5.73 Å². The average Bonchev–Trinajstić information content (AvgIpc) is 2.40. The third-order valence-corrected chi connectivity index (χ3v) is 3.70. The fourth-order valence-corrected chi connectivity index (χ4v) is 2.45. The second kappa shape index (κ2) is 6.18. The zero-order chi connectivity index (χ0) is 12.1. The van der Waals surface area contributed by atoms with E-state index in [1.807, 2.05) is 0 Å². The van der Waals surface area contributed by atoms with E-state index in [9.17, 15) is 0 Å². The number of ether oxygens (including phenoxy) is 1. The number of aryl methyl sites for hydroxylation is 1. The molecule has 1 aliphatic heterocycles. The van der Waals surface area contributed by atoms with Gasteiger partial charge in [0.1, 0.15) is 0 Å². The van der Waals surface area contributed by atoms with E-state index in [0.29, 0.717) is 5.92 Å². The summed E-state index contributed by atoms with van der Waals surface area (Å²) >= 11 is 0. The minimum absolute atomic E-state index is 0.239. The predicted octanol–water partition coefficient (Wildman–Crippen LogP) is 2.55. The zero-order valence-electron chi connectivity index (χ0n) is 10.7. The van der Waals surface area contributed by atoms with Gasteiger partial charge in [0.05, 0.1) is 6.61 Å². The Balaban J connectivity index is 1.89. The van der Waals surface area contributed by atoms with Crippen molar-refractivity contribution in [1.29, 1.82) is 0 Å². The lowest BCUT2D eigenvalue weighted by atomic mass is 9.90. The average molecular weight is 233 g/mol. The third-order valence-electron chi connectivity index (χ3n) is 3.70.